The van der Waals surface area contributed by atoms with Crippen molar-refractivity contribution < 1.29 is 35.5 Å². The lowest BCUT2D eigenvalue weighted by atomic mass is 10.4. The number of alkyl halides is 3. The van der Waals surface area contributed by atoms with Gasteiger partial charge in [0, 0.05) is 7.05 Å². The van der Waals surface area contributed by atoms with E-state index >= 15 is 0 Å². The largest absolute Gasteiger partial charge is 0.461 e. The second-order valence-corrected chi connectivity index (χ2v) is 6.85. The molecule has 1 atom stereocenters. The lowest BCUT2D eigenvalue weighted by Gasteiger charge is -2.17. The number of esters is 1. The van der Waals surface area contributed by atoms with Crippen LogP contribution in [0.2, 0.25) is 0 Å². The third-order valence-corrected chi connectivity index (χ3v) is 5.55. The Hall–Kier alpha value is -1.14. The van der Waals surface area contributed by atoms with Crippen molar-refractivity contribution in [3.8, 4) is 0 Å². The molecule has 0 radical (unpaired) electrons. The number of carbonyl (C=O) groups is 1. The molecule has 0 aliphatic heterocycles. The molecule has 0 fully saturated rings. The van der Waals surface area contributed by atoms with E-state index < -0.39 is 49.2 Å². The van der Waals surface area contributed by atoms with Gasteiger partial charge in [-0.15, -0.1) is 0 Å². The second-order valence-electron chi connectivity index (χ2n) is 4.45. The molecule has 12 heteroatoms. The first-order chi connectivity index (χ1) is 10.3. The first kappa shape index (κ1) is 19.9. The topological polar surface area (TPSA) is 77.4 Å². The fourth-order valence-corrected chi connectivity index (χ4v) is 4.01. The fraction of sp³-hybridized carbons (Fsp3) is 0.545. The van der Waals surface area contributed by atoms with Gasteiger partial charge < -0.3 is 9.30 Å². The number of carbonyl (C=O) groups excluding carboxylic acids is 1. The van der Waals surface area contributed by atoms with Crippen LogP contribution in [0.3, 0.4) is 0 Å². The monoisotopic (exact) mass is 424 g/mol. The fourth-order valence-electron chi connectivity index (χ4n) is 1.61. The summed E-state index contributed by atoms with van der Waals surface area (Å²) >= 11 is 2.76. The first-order valence-corrected chi connectivity index (χ1v) is 8.42. The van der Waals surface area contributed by atoms with Crippen LogP contribution in [0.4, 0.5) is 17.6 Å². The molecule has 1 rings (SSSR count). The molecule has 0 spiro atoms. The molecule has 0 bridgehead atoms. The molecule has 0 aromatic carbocycles. The zero-order valence-electron chi connectivity index (χ0n) is 12.2. The number of halogens is 5. The van der Waals surface area contributed by atoms with Crippen molar-refractivity contribution in [1.82, 2.24) is 9.29 Å². The van der Waals surface area contributed by atoms with Gasteiger partial charge in [-0.05, 0) is 29.8 Å². The zero-order valence-corrected chi connectivity index (χ0v) is 14.6. The highest BCUT2D eigenvalue weighted by Crippen LogP contribution is 2.31. The van der Waals surface area contributed by atoms with Gasteiger partial charge in [-0.2, -0.15) is 17.9 Å². The molecule has 6 nitrogen and oxygen atoms in total. The Labute approximate surface area is 138 Å². The lowest BCUT2D eigenvalue weighted by molar-refractivity contribution is -0.147. The van der Waals surface area contributed by atoms with E-state index in [0.29, 0.717) is 6.92 Å². The number of sulfonamides is 1. The van der Waals surface area contributed by atoms with Gasteiger partial charge in [0.25, 0.3) is 0 Å². The molecule has 0 aliphatic rings. The van der Waals surface area contributed by atoms with E-state index in [4.69, 9.17) is 0 Å². The van der Waals surface area contributed by atoms with Crippen LogP contribution < -0.4 is 4.72 Å². The van der Waals surface area contributed by atoms with Crippen molar-refractivity contribution in [2.24, 2.45) is 7.05 Å². The third kappa shape index (κ3) is 4.04. The molecule has 1 aromatic heterocycles. The SMILES string of the molecule is CCOC(=O)c1c(F)c(S(=O)(=O)N[C@H](C)C(F)(F)F)c(Br)n1C. The number of aromatic nitrogens is 1. The van der Waals surface area contributed by atoms with Gasteiger partial charge in [0.15, 0.2) is 16.4 Å². The Morgan fingerprint density at radius 3 is 2.39 bits per heavy atom. The maximum atomic E-state index is 14.3. The average Bonchev–Trinajstić information content (AvgIpc) is 2.59. The quantitative estimate of drug-likeness (QED) is 0.581. The summed E-state index contributed by atoms with van der Waals surface area (Å²) in [6.45, 7) is 1.93. The van der Waals surface area contributed by atoms with Crippen LogP contribution in [0.15, 0.2) is 9.50 Å². The van der Waals surface area contributed by atoms with E-state index in [9.17, 15) is 30.8 Å². The van der Waals surface area contributed by atoms with Crippen molar-refractivity contribution in [3.63, 3.8) is 0 Å². The van der Waals surface area contributed by atoms with Crippen molar-refractivity contribution in [2.75, 3.05) is 6.61 Å². The maximum Gasteiger partial charge on any atom is 0.404 e. The van der Waals surface area contributed by atoms with Crippen molar-refractivity contribution >= 4 is 31.9 Å². The van der Waals surface area contributed by atoms with E-state index in [0.717, 1.165) is 11.6 Å². The van der Waals surface area contributed by atoms with E-state index in [1.807, 2.05) is 0 Å². The number of ether oxygens (including phenoxy) is 1. The normalized spacial score (nSPS) is 13.9. The van der Waals surface area contributed by atoms with Crippen molar-refractivity contribution in [2.45, 2.75) is 31.0 Å². The summed E-state index contributed by atoms with van der Waals surface area (Å²) in [5, 5.41) is 0. The number of nitrogens with zero attached hydrogens (tertiary/aromatic N) is 1. The highest BCUT2D eigenvalue weighted by atomic mass is 79.9. The van der Waals surface area contributed by atoms with Gasteiger partial charge in [-0.3, -0.25) is 0 Å². The molecule has 0 unspecified atom stereocenters. The summed E-state index contributed by atoms with van der Waals surface area (Å²) in [5.74, 6) is -2.64. The van der Waals surface area contributed by atoms with Gasteiger partial charge in [0.1, 0.15) is 10.6 Å². The molecule has 0 saturated carbocycles. The highest BCUT2D eigenvalue weighted by molar-refractivity contribution is 9.10. The zero-order chi connectivity index (χ0) is 18.2. The maximum absolute atomic E-state index is 14.3. The highest BCUT2D eigenvalue weighted by Gasteiger charge is 2.41. The van der Waals surface area contributed by atoms with Gasteiger partial charge in [-0.25, -0.2) is 17.6 Å². The Morgan fingerprint density at radius 2 is 1.96 bits per heavy atom. The van der Waals surface area contributed by atoms with Gasteiger partial charge in [0.2, 0.25) is 10.0 Å². The minimum absolute atomic E-state index is 0.0908. The molecular weight excluding hydrogens is 412 g/mol. The van der Waals surface area contributed by atoms with Crippen molar-refractivity contribution in [3.05, 3.63) is 16.1 Å². The van der Waals surface area contributed by atoms with Crippen molar-refractivity contribution in [1.29, 1.82) is 0 Å². The Bertz CT molecular complexity index is 715. The van der Waals surface area contributed by atoms with Crippen LogP contribution in [-0.2, 0) is 21.8 Å². The Morgan fingerprint density at radius 1 is 1.43 bits per heavy atom. The van der Waals surface area contributed by atoms with E-state index in [1.54, 1.807) is 0 Å². The third-order valence-electron chi connectivity index (χ3n) is 2.78. The Balaban J connectivity index is 3.39. The van der Waals surface area contributed by atoms with Crippen LogP contribution in [0.25, 0.3) is 0 Å². The van der Waals surface area contributed by atoms with Gasteiger partial charge >= 0.3 is 12.1 Å². The molecule has 0 saturated heterocycles. The summed E-state index contributed by atoms with van der Waals surface area (Å²) in [7, 11) is -3.72. The summed E-state index contributed by atoms with van der Waals surface area (Å²) in [4.78, 5) is 10.6. The predicted molar refractivity (Wildman–Crippen MR) is 74.9 cm³/mol. The van der Waals surface area contributed by atoms with Crippen LogP contribution in [0.1, 0.15) is 24.3 Å². The lowest BCUT2D eigenvalue weighted by Crippen LogP contribution is -2.43. The van der Waals surface area contributed by atoms with Crippen LogP contribution in [0, 0.1) is 5.82 Å². The van der Waals surface area contributed by atoms with Gasteiger partial charge in [0.05, 0.1) is 6.61 Å². The number of hydrogen-bond acceptors (Lipinski definition) is 4. The molecule has 23 heavy (non-hydrogen) atoms. The Kier molecular flexibility index (Phi) is 5.86. The number of rotatable bonds is 5. The summed E-state index contributed by atoms with van der Waals surface area (Å²) in [6, 6.07) is -2.44. The summed E-state index contributed by atoms with van der Waals surface area (Å²) < 4.78 is 82.2. The average molecular weight is 425 g/mol. The molecule has 1 aromatic rings. The number of hydrogen-bond donors (Lipinski definition) is 1. The van der Waals surface area contributed by atoms with Crippen LogP contribution in [-0.4, -0.2) is 37.8 Å². The molecular formula is C11H13BrF4N2O4S. The number of nitrogens with one attached hydrogen (secondary N) is 1. The molecule has 1 heterocycles. The van der Waals surface area contributed by atoms with Crippen LogP contribution >= 0.6 is 15.9 Å². The standard InChI is InChI=1S/C11H13BrF4N2O4S/c1-4-22-10(19)7-6(13)8(9(12)18(7)3)23(20,21)17-5(2)11(14,15)16/h5,17H,4H2,1-3H3/t5-/m1/s1. The second kappa shape index (κ2) is 6.77. The van der Waals surface area contributed by atoms with E-state index in [2.05, 4.69) is 20.7 Å². The summed E-state index contributed by atoms with van der Waals surface area (Å²) in [5.41, 5.74) is -0.723. The van der Waals surface area contributed by atoms with Crippen LogP contribution in [0.5, 0.6) is 0 Å². The van der Waals surface area contributed by atoms with E-state index in [-0.39, 0.29) is 6.61 Å². The molecule has 1 N–H and O–H groups in total. The smallest absolute Gasteiger partial charge is 0.404 e. The molecule has 0 aliphatic carbocycles. The van der Waals surface area contributed by atoms with Gasteiger partial charge in [-0.1, -0.05) is 0 Å². The minimum atomic E-state index is -4.87. The summed E-state index contributed by atoms with van der Waals surface area (Å²) in [6.07, 6.45) is -4.85. The molecule has 0 amide bonds. The molecule has 132 valence electrons. The first-order valence-electron chi connectivity index (χ1n) is 6.14. The van der Waals surface area contributed by atoms with E-state index in [1.165, 1.54) is 11.6 Å². The minimum Gasteiger partial charge on any atom is -0.461 e. The predicted octanol–water partition coefficient (Wildman–Crippen LogP) is 2.33.